The molecule has 134 valence electrons. The van der Waals surface area contributed by atoms with E-state index in [2.05, 4.69) is 0 Å². The number of amides is 1. The molecule has 0 unspecified atom stereocenters. The van der Waals surface area contributed by atoms with Crippen LogP contribution in [0.1, 0.15) is 25.8 Å². The first-order chi connectivity index (χ1) is 10.9. The molecule has 1 aromatic carbocycles. The zero-order valence-electron chi connectivity index (χ0n) is 13.9. The standard InChI is InChI=1S/C17H24N2O4.ClH/c1-11(2)15(18)16(21)19-9-13(20)8-14(19)17(22)23-10-12-6-4-3-5-7-12;/h3-7,11,13-15,20H,8-10,18H2,1-2H3;1H/t13-,14+,15+;/m1./s1. The van der Waals surface area contributed by atoms with E-state index in [1.807, 2.05) is 44.2 Å². The third-order valence-electron chi connectivity index (χ3n) is 4.06. The quantitative estimate of drug-likeness (QED) is 0.770. The second kappa shape index (κ2) is 9.01. The maximum absolute atomic E-state index is 12.4. The van der Waals surface area contributed by atoms with Crippen LogP contribution in [0, 0.1) is 5.92 Å². The fourth-order valence-corrected chi connectivity index (χ4v) is 2.58. The van der Waals surface area contributed by atoms with E-state index in [4.69, 9.17) is 10.5 Å². The Morgan fingerprint density at radius 2 is 1.96 bits per heavy atom. The number of rotatable bonds is 5. The normalized spacial score (nSPS) is 21.3. The fraction of sp³-hybridized carbons (Fsp3) is 0.529. The molecule has 0 spiro atoms. The van der Waals surface area contributed by atoms with Crippen LogP contribution in [0.3, 0.4) is 0 Å². The van der Waals surface area contributed by atoms with Crippen molar-refractivity contribution in [2.24, 2.45) is 11.7 Å². The SMILES string of the molecule is CC(C)[C@H](N)C(=O)N1C[C@H](O)C[C@H]1C(=O)OCc1ccccc1.Cl. The minimum absolute atomic E-state index is 0. The molecule has 1 amide bonds. The Hall–Kier alpha value is -1.63. The van der Waals surface area contributed by atoms with Gasteiger partial charge in [-0.2, -0.15) is 0 Å². The lowest BCUT2D eigenvalue weighted by Gasteiger charge is -2.27. The van der Waals surface area contributed by atoms with Crippen LogP contribution >= 0.6 is 12.4 Å². The monoisotopic (exact) mass is 356 g/mol. The predicted molar refractivity (Wildman–Crippen MR) is 92.4 cm³/mol. The second-order valence-electron chi connectivity index (χ2n) is 6.26. The van der Waals surface area contributed by atoms with Crippen LogP contribution in [0.4, 0.5) is 0 Å². The molecule has 1 saturated heterocycles. The number of carbonyl (C=O) groups excluding carboxylic acids is 2. The van der Waals surface area contributed by atoms with Gasteiger partial charge in [0.05, 0.1) is 12.1 Å². The van der Waals surface area contributed by atoms with Gasteiger partial charge in [-0.05, 0) is 11.5 Å². The molecule has 3 atom stereocenters. The van der Waals surface area contributed by atoms with Gasteiger partial charge in [0.15, 0.2) is 0 Å². The maximum Gasteiger partial charge on any atom is 0.329 e. The number of carbonyl (C=O) groups is 2. The van der Waals surface area contributed by atoms with Crippen molar-refractivity contribution in [2.45, 2.75) is 45.1 Å². The summed E-state index contributed by atoms with van der Waals surface area (Å²) in [5, 5.41) is 9.83. The summed E-state index contributed by atoms with van der Waals surface area (Å²) in [5.74, 6) is -0.867. The van der Waals surface area contributed by atoms with E-state index in [9.17, 15) is 14.7 Å². The Kier molecular flexibility index (Phi) is 7.66. The number of nitrogens with two attached hydrogens (primary N) is 1. The third kappa shape index (κ3) is 4.93. The van der Waals surface area contributed by atoms with E-state index in [-0.39, 0.29) is 43.8 Å². The Balaban J connectivity index is 0.00000288. The molecule has 3 N–H and O–H groups in total. The van der Waals surface area contributed by atoms with Gasteiger partial charge in [0.1, 0.15) is 12.6 Å². The molecule has 1 aromatic rings. The molecule has 1 fully saturated rings. The average Bonchev–Trinajstić information content (AvgIpc) is 2.94. The molecular formula is C17H25ClN2O4. The lowest BCUT2D eigenvalue weighted by atomic mass is 10.0. The number of ether oxygens (including phenoxy) is 1. The minimum atomic E-state index is -0.772. The summed E-state index contributed by atoms with van der Waals surface area (Å²) in [7, 11) is 0. The highest BCUT2D eigenvalue weighted by atomic mass is 35.5. The van der Waals surface area contributed by atoms with Gasteiger partial charge in [0.2, 0.25) is 5.91 Å². The molecular weight excluding hydrogens is 332 g/mol. The molecule has 1 aliphatic heterocycles. The molecule has 7 heteroatoms. The number of benzene rings is 1. The first kappa shape index (κ1) is 20.4. The van der Waals surface area contributed by atoms with E-state index < -0.39 is 24.2 Å². The molecule has 1 heterocycles. The second-order valence-corrected chi connectivity index (χ2v) is 6.26. The minimum Gasteiger partial charge on any atom is -0.459 e. The topological polar surface area (TPSA) is 92.9 Å². The summed E-state index contributed by atoms with van der Waals surface area (Å²) in [6.07, 6.45) is -0.544. The lowest BCUT2D eigenvalue weighted by Crippen LogP contribution is -2.50. The number of likely N-dealkylation sites (tertiary alicyclic amines) is 1. The lowest BCUT2D eigenvalue weighted by molar-refractivity contribution is -0.155. The zero-order chi connectivity index (χ0) is 17.0. The van der Waals surface area contributed by atoms with E-state index in [0.717, 1.165) is 5.56 Å². The highest BCUT2D eigenvalue weighted by Crippen LogP contribution is 2.21. The molecule has 0 bridgehead atoms. The number of esters is 1. The van der Waals surface area contributed by atoms with Crippen molar-refractivity contribution in [1.29, 1.82) is 0 Å². The highest BCUT2D eigenvalue weighted by molar-refractivity contribution is 5.88. The van der Waals surface area contributed by atoms with Crippen molar-refractivity contribution in [1.82, 2.24) is 4.90 Å². The number of aliphatic hydroxyl groups excluding tert-OH is 1. The van der Waals surface area contributed by atoms with Crippen LogP contribution in [0.15, 0.2) is 30.3 Å². The van der Waals surface area contributed by atoms with Gasteiger partial charge >= 0.3 is 5.97 Å². The van der Waals surface area contributed by atoms with Crippen LogP contribution in [0.25, 0.3) is 0 Å². The number of β-amino-alcohol motifs (C(OH)–C–C–N with tert-alkyl or cyclic N) is 1. The van der Waals surface area contributed by atoms with E-state index >= 15 is 0 Å². The summed E-state index contributed by atoms with van der Waals surface area (Å²) in [6.45, 7) is 3.95. The zero-order valence-corrected chi connectivity index (χ0v) is 14.7. The number of aliphatic hydroxyl groups is 1. The van der Waals surface area contributed by atoms with Crippen LogP contribution in [0.5, 0.6) is 0 Å². The van der Waals surface area contributed by atoms with Gasteiger partial charge in [-0.25, -0.2) is 4.79 Å². The molecule has 2 rings (SSSR count). The summed E-state index contributed by atoms with van der Waals surface area (Å²) in [6, 6.07) is 7.85. The summed E-state index contributed by atoms with van der Waals surface area (Å²) >= 11 is 0. The van der Waals surface area contributed by atoms with Crippen LogP contribution < -0.4 is 5.73 Å². The van der Waals surface area contributed by atoms with Gasteiger partial charge in [-0.15, -0.1) is 12.4 Å². The van der Waals surface area contributed by atoms with Crippen molar-refractivity contribution in [3.8, 4) is 0 Å². The summed E-state index contributed by atoms with van der Waals surface area (Å²) < 4.78 is 5.30. The Morgan fingerprint density at radius 1 is 1.33 bits per heavy atom. The predicted octanol–water partition coefficient (Wildman–Crippen LogP) is 1.10. The molecule has 24 heavy (non-hydrogen) atoms. The Bertz CT molecular complexity index is 553. The van der Waals surface area contributed by atoms with E-state index in [0.29, 0.717) is 0 Å². The molecule has 0 aliphatic carbocycles. The average molecular weight is 357 g/mol. The molecule has 0 radical (unpaired) electrons. The van der Waals surface area contributed by atoms with Gasteiger partial charge < -0.3 is 20.5 Å². The van der Waals surface area contributed by atoms with Crippen molar-refractivity contribution in [3.05, 3.63) is 35.9 Å². The van der Waals surface area contributed by atoms with E-state index in [1.54, 1.807) is 0 Å². The number of hydrogen-bond donors (Lipinski definition) is 2. The fourth-order valence-electron chi connectivity index (χ4n) is 2.58. The molecule has 6 nitrogen and oxygen atoms in total. The van der Waals surface area contributed by atoms with Gasteiger partial charge in [-0.1, -0.05) is 44.2 Å². The summed E-state index contributed by atoms with van der Waals surface area (Å²) in [5.41, 5.74) is 6.76. The number of hydrogen-bond acceptors (Lipinski definition) is 5. The van der Waals surface area contributed by atoms with Crippen molar-refractivity contribution in [2.75, 3.05) is 6.54 Å². The van der Waals surface area contributed by atoms with Crippen LogP contribution in [-0.2, 0) is 20.9 Å². The van der Waals surface area contributed by atoms with Gasteiger partial charge in [0.25, 0.3) is 0 Å². The first-order valence-electron chi connectivity index (χ1n) is 7.84. The van der Waals surface area contributed by atoms with E-state index in [1.165, 1.54) is 4.90 Å². The highest BCUT2D eigenvalue weighted by Gasteiger charge is 2.41. The Labute approximate surface area is 148 Å². The van der Waals surface area contributed by atoms with Crippen molar-refractivity contribution < 1.29 is 19.4 Å². The molecule has 1 aliphatic rings. The van der Waals surface area contributed by atoms with Crippen LogP contribution in [-0.4, -0.2) is 46.6 Å². The van der Waals surface area contributed by atoms with Gasteiger partial charge in [0, 0.05) is 13.0 Å². The molecule has 0 saturated carbocycles. The number of nitrogens with zero attached hydrogens (tertiary/aromatic N) is 1. The van der Waals surface area contributed by atoms with Crippen molar-refractivity contribution >= 4 is 24.3 Å². The largest absolute Gasteiger partial charge is 0.459 e. The third-order valence-corrected chi connectivity index (χ3v) is 4.06. The maximum atomic E-state index is 12.4. The molecule has 0 aromatic heterocycles. The van der Waals surface area contributed by atoms with Crippen LogP contribution in [0.2, 0.25) is 0 Å². The van der Waals surface area contributed by atoms with Gasteiger partial charge in [-0.3, -0.25) is 4.79 Å². The van der Waals surface area contributed by atoms with Crippen molar-refractivity contribution in [3.63, 3.8) is 0 Å². The first-order valence-corrected chi connectivity index (χ1v) is 7.84. The smallest absolute Gasteiger partial charge is 0.329 e. The summed E-state index contributed by atoms with van der Waals surface area (Å²) in [4.78, 5) is 26.1. The Morgan fingerprint density at radius 3 is 2.54 bits per heavy atom. The number of halogens is 1.